The molecular weight excluding hydrogens is 138 g/mol. The van der Waals surface area contributed by atoms with Crippen LogP contribution in [0.2, 0.25) is 0 Å². The molecule has 1 aliphatic heterocycles. The van der Waals surface area contributed by atoms with Crippen LogP contribution >= 0.6 is 0 Å². The van der Waals surface area contributed by atoms with Gasteiger partial charge in [-0.15, -0.1) is 0 Å². The fourth-order valence-electron chi connectivity index (χ4n) is 1.18. The smallest absolute Gasteiger partial charge is 0.145 e. The molecule has 0 N–H and O–H groups in total. The van der Waals surface area contributed by atoms with Gasteiger partial charge in [-0.25, -0.2) is 0 Å². The van der Waals surface area contributed by atoms with E-state index in [4.69, 9.17) is 4.74 Å². The average molecular weight is 147 g/mol. The number of rotatable bonds is 0. The lowest BCUT2D eigenvalue weighted by molar-refractivity contribution is 0.314. The molecule has 0 unspecified atom stereocenters. The van der Waals surface area contributed by atoms with Crippen LogP contribution in [0.3, 0.4) is 0 Å². The van der Waals surface area contributed by atoms with Crippen molar-refractivity contribution in [2.45, 2.75) is 6.42 Å². The number of nitrogens with zero attached hydrogens (tertiary/aromatic N) is 1. The van der Waals surface area contributed by atoms with Gasteiger partial charge >= 0.3 is 0 Å². The summed E-state index contributed by atoms with van der Waals surface area (Å²) in [6.45, 7) is 4.65. The third kappa shape index (κ3) is 1.00. The molecule has 0 saturated carbocycles. The first-order valence-corrected chi connectivity index (χ1v) is 3.64. The summed E-state index contributed by atoms with van der Waals surface area (Å²) >= 11 is 0. The highest BCUT2D eigenvalue weighted by Crippen LogP contribution is 2.28. The van der Waals surface area contributed by atoms with E-state index in [9.17, 15) is 0 Å². The molecule has 2 heteroatoms. The Labute approximate surface area is 65.5 Å². The van der Waals surface area contributed by atoms with Crippen LogP contribution in [0.5, 0.6) is 5.75 Å². The molecule has 0 spiro atoms. The molecule has 2 nitrogen and oxygen atoms in total. The van der Waals surface area contributed by atoms with Gasteiger partial charge in [0.25, 0.3) is 0 Å². The van der Waals surface area contributed by atoms with Crippen molar-refractivity contribution < 1.29 is 4.74 Å². The molecule has 0 aromatic carbocycles. The van der Waals surface area contributed by atoms with Gasteiger partial charge in [-0.1, -0.05) is 6.58 Å². The first kappa shape index (κ1) is 6.40. The molecule has 56 valence electrons. The maximum Gasteiger partial charge on any atom is 0.145 e. The number of hydrogen-bond acceptors (Lipinski definition) is 2. The summed E-state index contributed by atoms with van der Waals surface area (Å²) in [5.74, 6) is 0.865. The Hall–Kier alpha value is -1.31. The minimum atomic E-state index is 0.734. The summed E-state index contributed by atoms with van der Waals surface area (Å²) in [4.78, 5) is 4.18. The van der Waals surface area contributed by atoms with Gasteiger partial charge < -0.3 is 4.74 Å². The van der Waals surface area contributed by atoms with Gasteiger partial charge in [-0.05, 0) is 17.7 Å². The fraction of sp³-hybridized carbons (Fsp3) is 0.222. The Kier molecular flexibility index (Phi) is 1.39. The van der Waals surface area contributed by atoms with E-state index < -0.39 is 0 Å². The molecule has 0 fully saturated rings. The minimum absolute atomic E-state index is 0.734. The number of aromatic nitrogens is 1. The summed E-state index contributed by atoms with van der Waals surface area (Å²) in [6.07, 6.45) is 2.66. The monoisotopic (exact) mass is 147 g/mol. The molecule has 2 heterocycles. The lowest BCUT2D eigenvalue weighted by Crippen LogP contribution is -2.07. The predicted octanol–water partition coefficient (Wildman–Crippen LogP) is 1.88. The second kappa shape index (κ2) is 2.38. The van der Waals surface area contributed by atoms with E-state index in [0.717, 1.165) is 30.0 Å². The van der Waals surface area contributed by atoms with Crippen LogP contribution in [-0.2, 0) is 0 Å². The van der Waals surface area contributed by atoms with Crippen molar-refractivity contribution in [1.82, 2.24) is 4.98 Å². The van der Waals surface area contributed by atoms with E-state index in [-0.39, 0.29) is 0 Å². The van der Waals surface area contributed by atoms with E-state index in [2.05, 4.69) is 11.6 Å². The van der Waals surface area contributed by atoms with Gasteiger partial charge in [0, 0.05) is 12.6 Å². The molecule has 0 bridgehead atoms. The van der Waals surface area contributed by atoms with Gasteiger partial charge in [-0.3, -0.25) is 4.98 Å². The van der Waals surface area contributed by atoms with Crippen molar-refractivity contribution in [2.24, 2.45) is 0 Å². The van der Waals surface area contributed by atoms with Crippen LogP contribution in [0.25, 0.3) is 5.57 Å². The molecule has 2 rings (SSSR count). The number of ether oxygens (including phenoxy) is 1. The van der Waals surface area contributed by atoms with Gasteiger partial charge in [0.2, 0.25) is 0 Å². The maximum absolute atomic E-state index is 5.37. The van der Waals surface area contributed by atoms with Crippen molar-refractivity contribution >= 4 is 5.57 Å². The van der Waals surface area contributed by atoms with Gasteiger partial charge in [-0.2, -0.15) is 0 Å². The molecule has 1 aliphatic rings. The first-order chi connectivity index (χ1) is 5.38. The van der Waals surface area contributed by atoms with Crippen LogP contribution in [0.15, 0.2) is 24.9 Å². The number of hydrogen-bond donors (Lipinski definition) is 0. The predicted molar refractivity (Wildman–Crippen MR) is 43.4 cm³/mol. The van der Waals surface area contributed by atoms with Gasteiger partial charge in [0.1, 0.15) is 11.4 Å². The Morgan fingerprint density at radius 2 is 2.45 bits per heavy atom. The number of fused-ring (bicyclic) bond motifs is 1. The third-order valence-electron chi connectivity index (χ3n) is 1.77. The van der Waals surface area contributed by atoms with Crippen molar-refractivity contribution in [2.75, 3.05) is 6.61 Å². The Balaban J connectivity index is 2.52. The Morgan fingerprint density at radius 3 is 3.27 bits per heavy atom. The zero-order valence-corrected chi connectivity index (χ0v) is 6.21. The molecule has 0 radical (unpaired) electrons. The van der Waals surface area contributed by atoms with E-state index in [1.54, 1.807) is 6.20 Å². The SMILES string of the molecule is C=C1CCOc2cccnc21. The standard InChI is InChI=1S/C9H9NO/c1-7-4-6-11-8-3-2-5-10-9(7)8/h2-3,5H,1,4,6H2. The fourth-order valence-corrected chi connectivity index (χ4v) is 1.18. The third-order valence-corrected chi connectivity index (χ3v) is 1.77. The van der Waals surface area contributed by atoms with Crippen molar-refractivity contribution in [3.63, 3.8) is 0 Å². The molecule has 11 heavy (non-hydrogen) atoms. The molecular formula is C9H9NO. The highest BCUT2D eigenvalue weighted by molar-refractivity contribution is 5.66. The average Bonchev–Trinajstić information content (AvgIpc) is 2.06. The molecule has 1 aromatic heterocycles. The lowest BCUT2D eigenvalue weighted by atomic mass is 10.1. The van der Waals surface area contributed by atoms with E-state index in [0.29, 0.717) is 0 Å². The largest absolute Gasteiger partial charge is 0.491 e. The normalized spacial score (nSPS) is 15.5. The summed E-state index contributed by atoms with van der Waals surface area (Å²) in [7, 11) is 0. The topological polar surface area (TPSA) is 22.1 Å². The minimum Gasteiger partial charge on any atom is -0.491 e. The van der Waals surface area contributed by atoms with Crippen LogP contribution in [-0.4, -0.2) is 11.6 Å². The Bertz CT molecular complexity index is 293. The molecule has 0 atom stereocenters. The lowest BCUT2D eigenvalue weighted by Gasteiger charge is -2.17. The highest BCUT2D eigenvalue weighted by Gasteiger charge is 2.13. The molecule has 0 amide bonds. The number of pyridine rings is 1. The zero-order valence-electron chi connectivity index (χ0n) is 6.21. The van der Waals surface area contributed by atoms with Crippen LogP contribution < -0.4 is 4.74 Å². The second-order valence-electron chi connectivity index (χ2n) is 2.55. The maximum atomic E-state index is 5.37. The summed E-state index contributed by atoms with van der Waals surface area (Å²) < 4.78 is 5.37. The summed E-state index contributed by atoms with van der Waals surface area (Å²) in [6, 6.07) is 3.80. The summed E-state index contributed by atoms with van der Waals surface area (Å²) in [5.41, 5.74) is 1.99. The molecule has 0 saturated heterocycles. The van der Waals surface area contributed by atoms with Gasteiger partial charge in [0.05, 0.1) is 6.61 Å². The first-order valence-electron chi connectivity index (χ1n) is 3.64. The van der Waals surface area contributed by atoms with Crippen LogP contribution in [0.1, 0.15) is 12.1 Å². The molecule has 0 aliphatic carbocycles. The van der Waals surface area contributed by atoms with Crippen molar-refractivity contribution in [3.05, 3.63) is 30.6 Å². The highest BCUT2D eigenvalue weighted by atomic mass is 16.5. The second-order valence-corrected chi connectivity index (χ2v) is 2.55. The van der Waals surface area contributed by atoms with E-state index in [1.807, 2.05) is 12.1 Å². The van der Waals surface area contributed by atoms with Crippen molar-refractivity contribution in [3.8, 4) is 5.75 Å². The van der Waals surface area contributed by atoms with Crippen LogP contribution in [0.4, 0.5) is 0 Å². The van der Waals surface area contributed by atoms with Crippen molar-refractivity contribution in [1.29, 1.82) is 0 Å². The Morgan fingerprint density at radius 1 is 1.55 bits per heavy atom. The van der Waals surface area contributed by atoms with Gasteiger partial charge in [0.15, 0.2) is 0 Å². The molecule has 1 aromatic rings. The summed E-state index contributed by atoms with van der Waals surface area (Å²) in [5, 5.41) is 0. The quantitative estimate of drug-likeness (QED) is 0.559. The van der Waals surface area contributed by atoms with E-state index in [1.165, 1.54) is 0 Å². The van der Waals surface area contributed by atoms with E-state index >= 15 is 0 Å². The zero-order chi connectivity index (χ0) is 7.68. The van der Waals surface area contributed by atoms with Crippen LogP contribution in [0, 0.1) is 0 Å².